The molecule has 0 unspecified atom stereocenters. The van der Waals surface area contributed by atoms with Gasteiger partial charge in [0.05, 0.1) is 14.2 Å². The molecule has 30 heavy (non-hydrogen) atoms. The Morgan fingerprint density at radius 3 is 2.37 bits per heavy atom. The smallest absolute Gasteiger partial charge is 0.160 e. The zero-order chi connectivity index (χ0) is 20.5. The Morgan fingerprint density at radius 2 is 1.73 bits per heavy atom. The molecule has 6 nitrogen and oxygen atoms in total. The highest BCUT2D eigenvalue weighted by Crippen LogP contribution is 2.40. The zero-order valence-corrected chi connectivity index (χ0v) is 17.9. The Kier molecular flexibility index (Phi) is 5.34. The fourth-order valence-electron chi connectivity index (χ4n) is 4.81. The molecule has 158 valence electrons. The minimum Gasteiger partial charge on any atom is -0.497 e. The van der Waals surface area contributed by atoms with E-state index >= 15 is 0 Å². The van der Waals surface area contributed by atoms with Crippen molar-refractivity contribution in [3.8, 4) is 11.5 Å². The fourth-order valence-corrected chi connectivity index (χ4v) is 4.81. The molecule has 0 atom stereocenters. The van der Waals surface area contributed by atoms with Crippen molar-refractivity contribution in [2.24, 2.45) is 0 Å². The molecule has 6 heteroatoms. The van der Waals surface area contributed by atoms with E-state index in [-0.39, 0.29) is 0 Å². The number of imidazole rings is 1. The van der Waals surface area contributed by atoms with Crippen LogP contribution in [0.3, 0.4) is 0 Å². The molecule has 0 amide bonds. The maximum absolute atomic E-state index is 5.43. The molecule has 0 spiro atoms. The highest BCUT2D eigenvalue weighted by atomic mass is 16.5. The fraction of sp³-hybridized carbons (Fsp3) is 0.500. The summed E-state index contributed by atoms with van der Waals surface area (Å²) in [5.74, 6) is 3.58. The first-order valence-corrected chi connectivity index (χ1v) is 11.0. The average Bonchev–Trinajstić information content (AvgIpc) is 3.11. The average molecular weight is 407 g/mol. The summed E-state index contributed by atoms with van der Waals surface area (Å²) in [4.78, 5) is 12.2. The van der Waals surface area contributed by atoms with Crippen LogP contribution in [0.25, 0.3) is 11.2 Å². The summed E-state index contributed by atoms with van der Waals surface area (Å²) < 4.78 is 13.3. The Bertz CT molecular complexity index is 997. The van der Waals surface area contributed by atoms with Gasteiger partial charge in [-0.15, -0.1) is 0 Å². The SMILES string of the molecule is COc1cc(CN2CCC(n3c(C4CCC4)nc4cccnc43)CC2)cc(OC)c1. The number of methoxy groups -OCH3 is 2. The monoisotopic (exact) mass is 406 g/mol. The van der Waals surface area contributed by atoms with Crippen LogP contribution in [0.15, 0.2) is 36.5 Å². The molecule has 2 aromatic heterocycles. The molecule has 1 aromatic carbocycles. The minimum atomic E-state index is 0.483. The molecule has 3 heterocycles. The first-order chi connectivity index (χ1) is 14.7. The lowest BCUT2D eigenvalue weighted by Crippen LogP contribution is -2.35. The van der Waals surface area contributed by atoms with Gasteiger partial charge in [0.25, 0.3) is 0 Å². The summed E-state index contributed by atoms with van der Waals surface area (Å²) in [6.45, 7) is 3.06. The van der Waals surface area contributed by atoms with Crippen LogP contribution in [0.2, 0.25) is 0 Å². The number of fused-ring (bicyclic) bond motifs is 1. The zero-order valence-electron chi connectivity index (χ0n) is 17.9. The number of rotatable bonds is 6. The molecular formula is C24H30N4O2. The molecular weight excluding hydrogens is 376 g/mol. The molecule has 2 aliphatic rings. The van der Waals surface area contributed by atoms with E-state index in [2.05, 4.69) is 27.7 Å². The maximum atomic E-state index is 5.43. The topological polar surface area (TPSA) is 52.4 Å². The summed E-state index contributed by atoms with van der Waals surface area (Å²) in [5, 5.41) is 0. The second kappa shape index (κ2) is 8.26. The molecule has 1 aliphatic carbocycles. The van der Waals surface area contributed by atoms with Gasteiger partial charge in [-0.2, -0.15) is 0 Å². The van der Waals surface area contributed by atoms with Crippen molar-refractivity contribution in [1.29, 1.82) is 0 Å². The van der Waals surface area contributed by atoms with Crippen LogP contribution in [0.5, 0.6) is 11.5 Å². The van der Waals surface area contributed by atoms with Crippen molar-refractivity contribution in [1.82, 2.24) is 19.4 Å². The lowest BCUT2D eigenvalue weighted by molar-refractivity contribution is 0.177. The lowest BCUT2D eigenvalue weighted by atomic mass is 9.84. The van der Waals surface area contributed by atoms with Crippen molar-refractivity contribution in [3.05, 3.63) is 47.9 Å². The standard InChI is InChI=1S/C24H30N4O2/c1-29-20-13-17(14-21(15-20)30-2)16-27-11-8-19(9-12-27)28-23(18-5-3-6-18)26-22-7-4-10-25-24(22)28/h4,7,10,13-15,18-19H,3,5-6,8-9,11-12,16H2,1-2H3. The molecule has 1 aliphatic heterocycles. The summed E-state index contributed by atoms with van der Waals surface area (Å²) in [6, 6.07) is 10.7. The number of benzene rings is 1. The number of ether oxygens (including phenoxy) is 2. The quantitative estimate of drug-likeness (QED) is 0.601. The second-order valence-electron chi connectivity index (χ2n) is 8.54. The van der Waals surface area contributed by atoms with Crippen molar-refractivity contribution in [3.63, 3.8) is 0 Å². The van der Waals surface area contributed by atoms with E-state index in [1.807, 2.05) is 18.3 Å². The van der Waals surface area contributed by atoms with Crippen LogP contribution in [0, 0.1) is 0 Å². The Labute approximate surface area is 177 Å². The van der Waals surface area contributed by atoms with Crippen molar-refractivity contribution >= 4 is 11.2 Å². The van der Waals surface area contributed by atoms with E-state index in [9.17, 15) is 0 Å². The van der Waals surface area contributed by atoms with Gasteiger partial charge in [0.15, 0.2) is 5.65 Å². The molecule has 2 fully saturated rings. The number of hydrogen-bond acceptors (Lipinski definition) is 5. The third-order valence-corrected chi connectivity index (χ3v) is 6.69. The summed E-state index contributed by atoms with van der Waals surface area (Å²) in [7, 11) is 3.40. The first-order valence-electron chi connectivity index (χ1n) is 11.0. The third kappa shape index (κ3) is 3.65. The number of nitrogens with zero attached hydrogens (tertiary/aromatic N) is 4. The van der Waals surface area contributed by atoms with Crippen LogP contribution in [-0.4, -0.2) is 46.7 Å². The van der Waals surface area contributed by atoms with E-state index in [1.165, 1.54) is 30.7 Å². The maximum Gasteiger partial charge on any atom is 0.160 e. The predicted molar refractivity (Wildman–Crippen MR) is 117 cm³/mol. The van der Waals surface area contributed by atoms with Crippen molar-refractivity contribution in [2.45, 2.75) is 50.6 Å². The normalized spacial score (nSPS) is 18.5. The second-order valence-corrected chi connectivity index (χ2v) is 8.54. The summed E-state index contributed by atoms with van der Waals surface area (Å²) in [6.07, 6.45) is 8.01. The number of likely N-dealkylation sites (tertiary alicyclic amines) is 1. The molecule has 3 aromatic rings. The summed E-state index contributed by atoms with van der Waals surface area (Å²) in [5.41, 5.74) is 3.34. The Balaban J connectivity index is 1.32. The lowest BCUT2D eigenvalue weighted by Gasteiger charge is -2.35. The van der Waals surface area contributed by atoms with Gasteiger partial charge in [-0.1, -0.05) is 6.42 Å². The largest absolute Gasteiger partial charge is 0.497 e. The molecule has 5 rings (SSSR count). The van der Waals surface area contributed by atoms with Crippen LogP contribution in [0.4, 0.5) is 0 Å². The van der Waals surface area contributed by atoms with E-state index in [0.717, 1.165) is 55.1 Å². The number of pyridine rings is 1. The van der Waals surface area contributed by atoms with E-state index < -0.39 is 0 Å². The Hall–Kier alpha value is -2.60. The molecule has 0 N–H and O–H groups in total. The minimum absolute atomic E-state index is 0.483. The number of piperidine rings is 1. The van der Waals surface area contributed by atoms with E-state index in [0.29, 0.717) is 12.0 Å². The molecule has 1 saturated heterocycles. The van der Waals surface area contributed by atoms with Crippen LogP contribution in [0.1, 0.15) is 55.5 Å². The van der Waals surface area contributed by atoms with Crippen molar-refractivity contribution < 1.29 is 9.47 Å². The molecule has 0 radical (unpaired) electrons. The van der Waals surface area contributed by atoms with Gasteiger partial charge in [0.2, 0.25) is 0 Å². The number of hydrogen-bond donors (Lipinski definition) is 0. The van der Waals surface area contributed by atoms with Crippen molar-refractivity contribution in [2.75, 3.05) is 27.3 Å². The summed E-state index contributed by atoms with van der Waals surface area (Å²) >= 11 is 0. The van der Waals surface area contributed by atoms with Gasteiger partial charge in [-0.05, 0) is 55.5 Å². The van der Waals surface area contributed by atoms with Crippen LogP contribution in [-0.2, 0) is 6.54 Å². The van der Waals surface area contributed by atoms with Gasteiger partial charge in [0, 0.05) is 43.9 Å². The van der Waals surface area contributed by atoms with Gasteiger partial charge < -0.3 is 14.0 Å². The van der Waals surface area contributed by atoms with E-state index in [1.54, 1.807) is 14.2 Å². The van der Waals surface area contributed by atoms with Crippen LogP contribution < -0.4 is 9.47 Å². The highest BCUT2D eigenvalue weighted by Gasteiger charge is 2.31. The Morgan fingerprint density at radius 1 is 1.00 bits per heavy atom. The highest BCUT2D eigenvalue weighted by molar-refractivity contribution is 5.71. The van der Waals surface area contributed by atoms with Gasteiger partial charge in [-0.3, -0.25) is 4.90 Å². The first kappa shape index (κ1) is 19.4. The van der Waals surface area contributed by atoms with Gasteiger partial charge in [-0.25, -0.2) is 9.97 Å². The predicted octanol–water partition coefficient (Wildman–Crippen LogP) is 4.55. The number of aromatic nitrogens is 3. The third-order valence-electron chi connectivity index (χ3n) is 6.69. The van der Waals surface area contributed by atoms with Crippen LogP contribution >= 0.6 is 0 Å². The molecule has 1 saturated carbocycles. The molecule has 0 bridgehead atoms. The van der Waals surface area contributed by atoms with E-state index in [4.69, 9.17) is 19.4 Å². The van der Waals surface area contributed by atoms with Gasteiger partial charge in [0.1, 0.15) is 22.8 Å². The van der Waals surface area contributed by atoms with Gasteiger partial charge >= 0.3 is 0 Å².